The number of carbonyl (C=O) groups excluding carboxylic acids is 3. The fourth-order valence-corrected chi connectivity index (χ4v) is 9.76. The van der Waals surface area contributed by atoms with E-state index in [9.17, 15) is 19.5 Å². The Balaban J connectivity index is 1.79. The van der Waals surface area contributed by atoms with Gasteiger partial charge in [-0.25, -0.2) is 0 Å². The van der Waals surface area contributed by atoms with Gasteiger partial charge in [-0.15, -0.1) is 24.9 Å². The van der Waals surface area contributed by atoms with E-state index in [-0.39, 0.29) is 36.9 Å². The van der Waals surface area contributed by atoms with Crippen molar-refractivity contribution in [1.82, 2.24) is 4.90 Å². The summed E-state index contributed by atoms with van der Waals surface area (Å²) >= 11 is 1.63. The van der Waals surface area contributed by atoms with Crippen molar-refractivity contribution in [2.24, 2.45) is 17.8 Å². The number of amides is 2. The van der Waals surface area contributed by atoms with E-state index in [2.05, 4.69) is 13.2 Å². The van der Waals surface area contributed by atoms with Crippen LogP contribution in [0.4, 0.5) is 5.69 Å². The van der Waals surface area contributed by atoms with Crippen molar-refractivity contribution in [1.29, 1.82) is 0 Å². The Kier molecular flexibility index (Phi) is 9.44. The average Bonchev–Trinajstić information content (AvgIpc) is 3.48. The van der Waals surface area contributed by atoms with Crippen LogP contribution in [-0.4, -0.2) is 69.1 Å². The van der Waals surface area contributed by atoms with Gasteiger partial charge in [-0.3, -0.25) is 14.4 Å². The molecule has 224 valence electrons. The summed E-state index contributed by atoms with van der Waals surface area (Å²) in [5.41, 5.74) is 2.73. The zero-order chi connectivity index (χ0) is 30.1. The number of para-hydroxylation sites is 1. The molecule has 2 unspecified atom stereocenters. The SMILES string of the molecule is C=CCCCCOC(=O)[C@@H]1[C@H]2C(=O)N([C@@H](CO)C(C)C)C(C(=O)N(CC=C)c3c(C)cccc3C)C23CC[C@@]1(C)S3. The van der Waals surface area contributed by atoms with Gasteiger partial charge in [-0.1, -0.05) is 44.2 Å². The third kappa shape index (κ3) is 5.27. The van der Waals surface area contributed by atoms with Crippen molar-refractivity contribution >= 4 is 35.2 Å². The molecule has 3 aliphatic rings. The van der Waals surface area contributed by atoms with E-state index in [1.165, 1.54) is 0 Å². The molecule has 0 saturated carbocycles. The maximum absolute atomic E-state index is 14.9. The summed E-state index contributed by atoms with van der Waals surface area (Å²) in [5.74, 6) is -2.18. The first-order valence-electron chi connectivity index (χ1n) is 14.9. The molecule has 1 aromatic carbocycles. The molecule has 1 aromatic rings. The maximum atomic E-state index is 14.9. The molecule has 3 heterocycles. The number of hydrogen-bond acceptors (Lipinski definition) is 6. The van der Waals surface area contributed by atoms with Crippen LogP contribution < -0.4 is 4.90 Å². The Labute approximate surface area is 249 Å². The summed E-state index contributed by atoms with van der Waals surface area (Å²) in [6, 6.07) is 4.55. The number of benzene rings is 1. The number of esters is 1. The number of aliphatic hydroxyl groups excluding tert-OH is 1. The van der Waals surface area contributed by atoms with Crippen molar-refractivity contribution in [3.05, 3.63) is 54.6 Å². The first-order chi connectivity index (χ1) is 19.5. The molecule has 2 amide bonds. The van der Waals surface area contributed by atoms with Gasteiger partial charge in [0, 0.05) is 17.0 Å². The molecule has 2 bridgehead atoms. The van der Waals surface area contributed by atoms with Crippen LogP contribution in [0.3, 0.4) is 0 Å². The van der Waals surface area contributed by atoms with Gasteiger partial charge in [0.2, 0.25) is 5.91 Å². The van der Waals surface area contributed by atoms with Crippen molar-refractivity contribution < 1.29 is 24.2 Å². The highest BCUT2D eigenvalue weighted by molar-refractivity contribution is 8.02. The summed E-state index contributed by atoms with van der Waals surface area (Å²) in [5, 5.41) is 10.5. The zero-order valence-corrected chi connectivity index (χ0v) is 26.0. The highest BCUT2D eigenvalue weighted by Crippen LogP contribution is 2.72. The molecule has 1 N–H and O–H groups in total. The van der Waals surface area contributed by atoms with Crippen LogP contribution in [-0.2, 0) is 19.1 Å². The Morgan fingerprint density at radius 3 is 2.46 bits per heavy atom. The average molecular weight is 583 g/mol. The lowest BCUT2D eigenvalue weighted by molar-refractivity contribution is -0.156. The number of anilines is 1. The quantitative estimate of drug-likeness (QED) is 0.195. The summed E-state index contributed by atoms with van der Waals surface area (Å²) in [4.78, 5) is 46.5. The minimum Gasteiger partial charge on any atom is -0.465 e. The summed E-state index contributed by atoms with van der Waals surface area (Å²) in [6.07, 6.45) is 7.39. The molecule has 6 atom stereocenters. The number of aryl methyl sites for hydroxylation is 2. The van der Waals surface area contributed by atoms with Crippen molar-refractivity contribution in [3.8, 4) is 0 Å². The van der Waals surface area contributed by atoms with Crippen LogP contribution in [0.15, 0.2) is 43.5 Å². The molecule has 3 saturated heterocycles. The highest BCUT2D eigenvalue weighted by Gasteiger charge is 2.78. The van der Waals surface area contributed by atoms with Crippen LogP contribution >= 0.6 is 11.8 Å². The standard InChI is InChI=1S/C33H46N2O5S/c1-8-10-11-12-19-40-31(39)26-25-29(37)35(24(20-36)21(3)4)28(33(25)17-16-32(26,7)41-33)30(38)34(18-9-2)27-22(5)14-13-15-23(27)6/h8-9,13-15,21,24-26,28,36H,1-2,10-12,16-20H2,3-7H3/t24-,25-,26-,28?,32+,33?/m0/s1. The number of ether oxygens (including phenoxy) is 1. The third-order valence-corrected chi connectivity index (χ3v) is 11.3. The summed E-state index contributed by atoms with van der Waals surface area (Å²) in [6.45, 7) is 17.9. The number of carbonyl (C=O) groups is 3. The fourth-order valence-electron chi connectivity index (χ4n) is 7.43. The fraction of sp³-hybridized carbons (Fsp3) is 0.606. The van der Waals surface area contributed by atoms with Gasteiger partial charge in [0.15, 0.2) is 0 Å². The molecular weight excluding hydrogens is 536 g/mol. The second-order valence-corrected chi connectivity index (χ2v) is 14.3. The van der Waals surface area contributed by atoms with E-state index >= 15 is 0 Å². The number of hydrogen-bond donors (Lipinski definition) is 1. The van der Waals surface area contributed by atoms with E-state index in [0.717, 1.165) is 36.1 Å². The highest BCUT2D eigenvalue weighted by atomic mass is 32.2. The van der Waals surface area contributed by atoms with E-state index in [4.69, 9.17) is 4.74 Å². The van der Waals surface area contributed by atoms with Gasteiger partial charge in [-0.05, 0) is 69.9 Å². The van der Waals surface area contributed by atoms with Crippen LogP contribution in [0, 0.1) is 31.6 Å². The lowest BCUT2D eigenvalue weighted by atomic mass is 9.66. The molecule has 7 nitrogen and oxygen atoms in total. The Bertz CT molecular complexity index is 1180. The first kappa shape index (κ1) is 31.4. The van der Waals surface area contributed by atoms with Gasteiger partial charge < -0.3 is 19.6 Å². The molecule has 0 aliphatic carbocycles. The van der Waals surface area contributed by atoms with Gasteiger partial charge in [-0.2, -0.15) is 0 Å². The van der Waals surface area contributed by atoms with Gasteiger partial charge >= 0.3 is 5.97 Å². The Morgan fingerprint density at radius 2 is 1.88 bits per heavy atom. The van der Waals surface area contributed by atoms with Gasteiger partial charge in [0.1, 0.15) is 6.04 Å². The number of nitrogens with zero attached hydrogens (tertiary/aromatic N) is 2. The van der Waals surface area contributed by atoms with E-state index in [1.807, 2.05) is 58.9 Å². The van der Waals surface area contributed by atoms with E-state index in [1.54, 1.807) is 27.6 Å². The molecule has 3 fully saturated rings. The molecule has 3 aliphatic heterocycles. The molecule has 4 rings (SSSR count). The summed E-state index contributed by atoms with van der Waals surface area (Å²) < 4.78 is 4.49. The van der Waals surface area contributed by atoms with Crippen LogP contribution in [0.1, 0.15) is 64.0 Å². The number of aliphatic hydroxyl groups is 1. The minimum atomic E-state index is -0.823. The van der Waals surface area contributed by atoms with Gasteiger partial charge in [0.05, 0.1) is 35.8 Å². The predicted octanol–water partition coefficient (Wildman–Crippen LogP) is 5.22. The van der Waals surface area contributed by atoms with E-state index < -0.39 is 33.4 Å². The van der Waals surface area contributed by atoms with Crippen molar-refractivity contribution in [2.45, 2.75) is 88.3 Å². The molecular formula is C33H46N2O5S. The molecule has 0 radical (unpaired) electrons. The molecule has 8 heteroatoms. The molecule has 0 aromatic heterocycles. The van der Waals surface area contributed by atoms with Crippen LogP contribution in [0.2, 0.25) is 0 Å². The van der Waals surface area contributed by atoms with Crippen molar-refractivity contribution in [2.75, 3.05) is 24.7 Å². The van der Waals surface area contributed by atoms with Gasteiger partial charge in [0.25, 0.3) is 5.91 Å². The van der Waals surface area contributed by atoms with Crippen LogP contribution in [0.25, 0.3) is 0 Å². The van der Waals surface area contributed by atoms with E-state index in [0.29, 0.717) is 19.4 Å². The lowest BCUT2D eigenvalue weighted by Crippen LogP contribution is -2.58. The number of likely N-dealkylation sites (tertiary alicyclic amines) is 1. The third-order valence-electron chi connectivity index (χ3n) is 9.35. The number of unbranched alkanes of at least 4 members (excludes halogenated alkanes) is 2. The second kappa shape index (κ2) is 12.3. The zero-order valence-electron chi connectivity index (χ0n) is 25.2. The predicted molar refractivity (Wildman–Crippen MR) is 165 cm³/mol. The minimum absolute atomic E-state index is 0.0874. The monoisotopic (exact) mass is 582 g/mol. The number of allylic oxidation sites excluding steroid dienone is 1. The Hall–Kier alpha value is -2.58. The maximum Gasteiger partial charge on any atom is 0.311 e. The summed E-state index contributed by atoms with van der Waals surface area (Å²) in [7, 11) is 0. The smallest absolute Gasteiger partial charge is 0.311 e. The molecule has 1 spiro atoms. The topological polar surface area (TPSA) is 87.1 Å². The largest absolute Gasteiger partial charge is 0.465 e. The number of thioether (sulfide) groups is 1. The first-order valence-corrected chi connectivity index (χ1v) is 15.7. The Morgan fingerprint density at radius 1 is 1.20 bits per heavy atom. The molecule has 41 heavy (non-hydrogen) atoms. The number of fused-ring (bicyclic) bond motifs is 1. The van der Waals surface area contributed by atoms with Crippen LogP contribution in [0.5, 0.6) is 0 Å². The van der Waals surface area contributed by atoms with Crippen molar-refractivity contribution in [3.63, 3.8) is 0 Å². The normalized spacial score (nSPS) is 29.0. The second-order valence-electron chi connectivity index (χ2n) is 12.4. The number of rotatable bonds is 13. The lowest BCUT2D eigenvalue weighted by Gasteiger charge is -2.41.